The second kappa shape index (κ2) is 10.3. The molecule has 0 spiro atoms. The van der Waals surface area contributed by atoms with Crippen LogP contribution in [0.2, 0.25) is 0 Å². The van der Waals surface area contributed by atoms with E-state index in [9.17, 15) is 9.18 Å². The average molecular weight is 387 g/mol. The van der Waals surface area contributed by atoms with Crippen LogP contribution in [0.3, 0.4) is 0 Å². The summed E-state index contributed by atoms with van der Waals surface area (Å²) in [6, 6.07) is 12.1. The van der Waals surface area contributed by atoms with E-state index in [1.807, 2.05) is 26.0 Å². The monoisotopic (exact) mass is 387 g/mol. The maximum Gasteiger partial charge on any atom is 0.341 e. The molecule has 0 bridgehead atoms. The molecule has 5 nitrogen and oxygen atoms in total. The van der Waals surface area contributed by atoms with Crippen LogP contribution in [0.1, 0.15) is 31.4 Å². The van der Waals surface area contributed by atoms with Crippen molar-refractivity contribution < 1.29 is 23.4 Å². The molecule has 0 aliphatic heterocycles. The number of ether oxygens (including phenoxy) is 3. The molecule has 0 saturated heterocycles. The Kier molecular flexibility index (Phi) is 7.87. The summed E-state index contributed by atoms with van der Waals surface area (Å²) in [5, 5.41) is 3.11. The molecule has 0 aliphatic carbocycles. The highest BCUT2D eigenvalue weighted by atomic mass is 19.1. The van der Waals surface area contributed by atoms with Gasteiger partial charge in [0.1, 0.15) is 23.7 Å². The second-order valence-electron chi connectivity index (χ2n) is 6.30. The molecule has 2 aromatic carbocycles. The smallest absolute Gasteiger partial charge is 0.341 e. The normalized spacial score (nSPS) is 12.2. The average Bonchev–Trinajstić information content (AvgIpc) is 2.71. The molecule has 0 aromatic heterocycles. The molecule has 1 N–H and O–H groups in total. The number of esters is 1. The number of anilines is 1. The first-order valence-electron chi connectivity index (χ1n) is 9.08. The predicted octanol–water partition coefficient (Wildman–Crippen LogP) is 4.78. The minimum atomic E-state index is -0.513. The van der Waals surface area contributed by atoms with E-state index >= 15 is 0 Å². The second-order valence-corrected chi connectivity index (χ2v) is 6.30. The van der Waals surface area contributed by atoms with E-state index in [2.05, 4.69) is 5.32 Å². The van der Waals surface area contributed by atoms with Gasteiger partial charge in [-0.25, -0.2) is 9.18 Å². The number of benzene rings is 2. The lowest BCUT2D eigenvalue weighted by Gasteiger charge is -2.15. The van der Waals surface area contributed by atoms with Crippen molar-refractivity contribution >= 4 is 17.2 Å². The summed E-state index contributed by atoms with van der Waals surface area (Å²) in [5.74, 6) is -0.487. The van der Waals surface area contributed by atoms with Gasteiger partial charge in [0.05, 0.1) is 26.2 Å². The number of halogens is 1. The van der Waals surface area contributed by atoms with Crippen LogP contribution in [0.25, 0.3) is 5.57 Å². The Balaban J connectivity index is 2.18. The van der Waals surface area contributed by atoms with Gasteiger partial charge in [0.15, 0.2) is 0 Å². The topological polar surface area (TPSA) is 56.8 Å². The molecule has 1 unspecified atom stereocenters. The fourth-order valence-corrected chi connectivity index (χ4v) is 2.59. The maximum absolute atomic E-state index is 14.3. The van der Waals surface area contributed by atoms with Crippen LogP contribution in [-0.4, -0.2) is 26.2 Å². The standard InChI is InChI=1S/C22H26FNO4/c1-5-15(2)24-21-11-10-17(12-20(21)23)28-13-16-8-6-7-9-18(16)19(14-26-3)22(25)27-4/h6-12,14-15,24H,5,13H2,1-4H3. The molecule has 0 fully saturated rings. The van der Waals surface area contributed by atoms with Crippen molar-refractivity contribution in [3.63, 3.8) is 0 Å². The number of carbonyl (C=O) groups excluding carboxylic acids is 1. The summed E-state index contributed by atoms with van der Waals surface area (Å²) in [5.41, 5.74) is 2.10. The van der Waals surface area contributed by atoms with Gasteiger partial charge < -0.3 is 19.5 Å². The lowest BCUT2D eigenvalue weighted by Crippen LogP contribution is -2.14. The number of rotatable bonds is 9. The number of hydrogen-bond acceptors (Lipinski definition) is 5. The highest BCUT2D eigenvalue weighted by Gasteiger charge is 2.17. The number of hydrogen-bond donors (Lipinski definition) is 1. The van der Waals surface area contributed by atoms with E-state index in [0.29, 0.717) is 17.0 Å². The number of nitrogens with one attached hydrogen (secondary N) is 1. The van der Waals surface area contributed by atoms with Crippen molar-refractivity contribution in [1.29, 1.82) is 0 Å². The highest BCUT2D eigenvalue weighted by molar-refractivity contribution is 6.16. The Morgan fingerprint density at radius 1 is 1.21 bits per heavy atom. The summed E-state index contributed by atoms with van der Waals surface area (Å²) in [4.78, 5) is 12.1. The van der Waals surface area contributed by atoms with Gasteiger partial charge in [-0.1, -0.05) is 31.2 Å². The lowest BCUT2D eigenvalue weighted by atomic mass is 10.0. The minimum absolute atomic E-state index is 0.159. The molecule has 1 atom stereocenters. The van der Waals surface area contributed by atoms with Gasteiger partial charge in [-0.15, -0.1) is 0 Å². The van der Waals surface area contributed by atoms with Crippen molar-refractivity contribution in [2.24, 2.45) is 0 Å². The van der Waals surface area contributed by atoms with E-state index in [0.717, 1.165) is 12.0 Å². The Labute approximate surface area is 165 Å². The van der Waals surface area contributed by atoms with E-state index in [-0.39, 0.29) is 24.0 Å². The third-order valence-electron chi connectivity index (χ3n) is 4.30. The molecule has 0 heterocycles. The van der Waals surface area contributed by atoms with Crippen LogP contribution in [0.5, 0.6) is 5.75 Å². The first kappa shape index (κ1) is 21.3. The van der Waals surface area contributed by atoms with Gasteiger partial charge in [0, 0.05) is 12.1 Å². The van der Waals surface area contributed by atoms with E-state index in [1.54, 1.807) is 24.3 Å². The SMILES string of the molecule is CCC(C)Nc1ccc(OCc2ccccc2C(=COC)C(=O)OC)cc1F. The Morgan fingerprint density at radius 2 is 1.96 bits per heavy atom. The Hall–Kier alpha value is -3.02. The van der Waals surface area contributed by atoms with Crippen LogP contribution in [0.4, 0.5) is 10.1 Å². The summed E-state index contributed by atoms with van der Waals surface area (Å²) in [6.07, 6.45) is 2.23. The van der Waals surface area contributed by atoms with Crippen molar-refractivity contribution in [1.82, 2.24) is 0 Å². The first-order valence-corrected chi connectivity index (χ1v) is 9.08. The largest absolute Gasteiger partial charge is 0.503 e. The Morgan fingerprint density at radius 3 is 2.61 bits per heavy atom. The zero-order valence-corrected chi connectivity index (χ0v) is 16.6. The van der Waals surface area contributed by atoms with Crippen molar-refractivity contribution in [3.8, 4) is 5.75 Å². The van der Waals surface area contributed by atoms with Crippen molar-refractivity contribution in [2.75, 3.05) is 19.5 Å². The number of methoxy groups -OCH3 is 2. The molecule has 0 radical (unpaired) electrons. The Bertz CT molecular complexity index is 835. The fourth-order valence-electron chi connectivity index (χ4n) is 2.59. The summed E-state index contributed by atoms with van der Waals surface area (Å²) < 4.78 is 29.9. The number of carbonyl (C=O) groups is 1. The quantitative estimate of drug-likeness (QED) is 0.381. The van der Waals surface area contributed by atoms with Crippen molar-refractivity contribution in [2.45, 2.75) is 32.9 Å². The highest BCUT2D eigenvalue weighted by Crippen LogP contribution is 2.25. The summed E-state index contributed by atoms with van der Waals surface area (Å²) >= 11 is 0. The maximum atomic E-state index is 14.3. The first-order chi connectivity index (χ1) is 13.5. The third kappa shape index (κ3) is 5.49. The van der Waals surface area contributed by atoms with Crippen molar-refractivity contribution in [3.05, 3.63) is 65.7 Å². The van der Waals surface area contributed by atoms with Crippen LogP contribution in [-0.2, 0) is 20.9 Å². The van der Waals surface area contributed by atoms with E-state index < -0.39 is 5.97 Å². The zero-order valence-electron chi connectivity index (χ0n) is 16.6. The molecule has 6 heteroatoms. The fraction of sp³-hybridized carbons (Fsp3) is 0.318. The van der Waals surface area contributed by atoms with Gasteiger partial charge >= 0.3 is 5.97 Å². The molecule has 2 aromatic rings. The van der Waals surface area contributed by atoms with Crippen LogP contribution in [0.15, 0.2) is 48.7 Å². The molecule has 0 amide bonds. The predicted molar refractivity (Wildman–Crippen MR) is 108 cm³/mol. The lowest BCUT2D eigenvalue weighted by molar-refractivity contribution is -0.133. The van der Waals surface area contributed by atoms with Crippen LogP contribution in [0, 0.1) is 5.82 Å². The van der Waals surface area contributed by atoms with Gasteiger partial charge in [-0.2, -0.15) is 0 Å². The van der Waals surface area contributed by atoms with Gasteiger partial charge in [0.25, 0.3) is 0 Å². The summed E-state index contributed by atoms with van der Waals surface area (Å²) in [7, 11) is 2.77. The van der Waals surface area contributed by atoms with Gasteiger partial charge in [0.2, 0.25) is 0 Å². The zero-order chi connectivity index (χ0) is 20.5. The molecule has 28 heavy (non-hydrogen) atoms. The van der Waals surface area contributed by atoms with Gasteiger partial charge in [-0.05, 0) is 36.6 Å². The van der Waals surface area contributed by atoms with E-state index in [1.165, 1.54) is 26.5 Å². The minimum Gasteiger partial charge on any atom is -0.503 e. The molecule has 150 valence electrons. The molecule has 0 saturated carbocycles. The van der Waals surface area contributed by atoms with Gasteiger partial charge in [-0.3, -0.25) is 0 Å². The molecule has 2 rings (SSSR count). The summed E-state index contributed by atoms with van der Waals surface area (Å²) in [6.45, 7) is 4.18. The van der Waals surface area contributed by atoms with E-state index in [4.69, 9.17) is 14.2 Å². The molecular formula is C22H26FNO4. The van der Waals surface area contributed by atoms with Crippen LogP contribution < -0.4 is 10.1 Å². The molecule has 0 aliphatic rings. The van der Waals surface area contributed by atoms with Crippen LogP contribution >= 0.6 is 0 Å². The third-order valence-corrected chi connectivity index (χ3v) is 4.30. The molecular weight excluding hydrogens is 361 g/mol.